The van der Waals surface area contributed by atoms with Crippen molar-refractivity contribution in [3.8, 4) is 12.3 Å². The first-order valence-corrected chi connectivity index (χ1v) is 5.99. The molecule has 2 atom stereocenters. The molecule has 1 heteroatoms. The maximum atomic E-state index is 5.29. The van der Waals surface area contributed by atoms with E-state index in [1.54, 1.807) is 0 Å². The van der Waals surface area contributed by atoms with Gasteiger partial charge in [0.05, 0.1) is 0 Å². The van der Waals surface area contributed by atoms with Gasteiger partial charge in [-0.3, -0.25) is 0 Å². The molecule has 0 radical (unpaired) electrons. The third-order valence-electron chi connectivity index (χ3n) is 2.69. The van der Waals surface area contributed by atoms with Crippen LogP contribution in [0.3, 0.4) is 0 Å². The monoisotopic (exact) mass is 209 g/mol. The maximum Gasteiger partial charge on any atom is 0.0101 e. The highest BCUT2D eigenvalue weighted by Crippen LogP contribution is 2.27. The zero-order valence-corrected chi connectivity index (χ0v) is 11.1. The van der Waals surface area contributed by atoms with Gasteiger partial charge in [-0.2, -0.15) is 0 Å². The van der Waals surface area contributed by atoms with Gasteiger partial charge >= 0.3 is 0 Å². The second-order valence-corrected chi connectivity index (χ2v) is 5.83. The van der Waals surface area contributed by atoms with Crippen LogP contribution in [0.4, 0.5) is 0 Å². The van der Waals surface area contributed by atoms with Gasteiger partial charge in [-0.25, -0.2) is 0 Å². The minimum atomic E-state index is 0.434. The summed E-state index contributed by atoms with van der Waals surface area (Å²) in [6.45, 7) is 9.25. The molecule has 0 saturated carbocycles. The van der Waals surface area contributed by atoms with E-state index in [-0.39, 0.29) is 0 Å². The zero-order valence-electron chi connectivity index (χ0n) is 11.1. The summed E-state index contributed by atoms with van der Waals surface area (Å²) < 4.78 is 0. The third kappa shape index (κ3) is 8.51. The van der Waals surface area contributed by atoms with Gasteiger partial charge in [0.25, 0.3) is 0 Å². The predicted molar refractivity (Wildman–Crippen MR) is 68.8 cm³/mol. The molecule has 0 amide bonds. The number of terminal acetylenes is 1. The van der Waals surface area contributed by atoms with Crippen molar-refractivity contribution >= 4 is 0 Å². The van der Waals surface area contributed by atoms with Crippen LogP contribution in [0.25, 0.3) is 0 Å². The van der Waals surface area contributed by atoms with Crippen LogP contribution in [0.1, 0.15) is 53.4 Å². The molecule has 0 aromatic rings. The van der Waals surface area contributed by atoms with Gasteiger partial charge in [-0.05, 0) is 37.6 Å². The molecular weight excluding hydrogens is 182 g/mol. The molecule has 88 valence electrons. The van der Waals surface area contributed by atoms with Crippen LogP contribution in [-0.4, -0.2) is 13.1 Å². The number of nitrogens with one attached hydrogen (secondary N) is 1. The normalized spacial score (nSPS) is 15.7. The highest BCUT2D eigenvalue weighted by Gasteiger charge is 2.17. The molecule has 1 N–H and O–H groups in total. The Bertz CT molecular complexity index is 194. The van der Waals surface area contributed by atoms with Crippen molar-refractivity contribution in [1.82, 2.24) is 5.32 Å². The lowest BCUT2D eigenvalue weighted by atomic mass is 9.82. The summed E-state index contributed by atoms with van der Waals surface area (Å²) in [4.78, 5) is 0. The van der Waals surface area contributed by atoms with Gasteiger partial charge in [0.1, 0.15) is 0 Å². The summed E-state index contributed by atoms with van der Waals surface area (Å²) in [6.07, 6.45) is 9.78. The zero-order chi connectivity index (χ0) is 11.9. The number of rotatable bonds is 6. The Morgan fingerprint density at radius 1 is 1.33 bits per heavy atom. The summed E-state index contributed by atoms with van der Waals surface area (Å²) in [5.41, 5.74) is 0.434. The van der Waals surface area contributed by atoms with E-state index in [0.29, 0.717) is 11.5 Å². The first-order chi connectivity index (χ1) is 6.89. The lowest BCUT2D eigenvalue weighted by Gasteiger charge is -2.26. The molecule has 0 fully saturated rings. The summed E-state index contributed by atoms with van der Waals surface area (Å²) in [7, 11) is 2.03. The second-order valence-electron chi connectivity index (χ2n) is 5.83. The summed E-state index contributed by atoms with van der Waals surface area (Å²) in [5.74, 6) is 3.48. The van der Waals surface area contributed by atoms with Gasteiger partial charge in [0.15, 0.2) is 0 Å². The van der Waals surface area contributed by atoms with E-state index in [4.69, 9.17) is 6.42 Å². The van der Waals surface area contributed by atoms with E-state index in [0.717, 1.165) is 18.8 Å². The highest BCUT2D eigenvalue weighted by molar-refractivity contribution is 4.86. The number of hydrogen-bond donors (Lipinski definition) is 1. The quantitative estimate of drug-likeness (QED) is 0.661. The Morgan fingerprint density at radius 2 is 1.93 bits per heavy atom. The maximum absolute atomic E-state index is 5.29. The van der Waals surface area contributed by atoms with Gasteiger partial charge in [-0.15, -0.1) is 12.3 Å². The van der Waals surface area contributed by atoms with E-state index in [9.17, 15) is 0 Å². The Morgan fingerprint density at radius 3 is 2.33 bits per heavy atom. The van der Waals surface area contributed by atoms with Gasteiger partial charge < -0.3 is 5.32 Å². The summed E-state index contributed by atoms with van der Waals surface area (Å²) >= 11 is 0. The van der Waals surface area contributed by atoms with E-state index in [2.05, 4.69) is 38.9 Å². The predicted octanol–water partition coefficient (Wildman–Crippen LogP) is 3.45. The molecule has 1 nitrogen and oxygen atoms in total. The SMILES string of the molecule is C#CCCC(CC(C)CC(C)(C)C)NC. The molecule has 0 spiro atoms. The first-order valence-electron chi connectivity index (χ1n) is 5.99. The van der Waals surface area contributed by atoms with Crippen molar-refractivity contribution in [3.05, 3.63) is 0 Å². The van der Waals surface area contributed by atoms with E-state index >= 15 is 0 Å². The smallest absolute Gasteiger partial charge is 0.0101 e. The topological polar surface area (TPSA) is 12.0 Å². The summed E-state index contributed by atoms with van der Waals surface area (Å²) in [6, 6.07) is 0.582. The average molecular weight is 209 g/mol. The van der Waals surface area contributed by atoms with E-state index < -0.39 is 0 Å². The molecule has 15 heavy (non-hydrogen) atoms. The third-order valence-corrected chi connectivity index (χ3v) is 2.69. The summed E-state index contributed by atoms with van der Waals surface area (Å²) in [5, 5.41) is 3.36. The fraction of sp³-hybridized carbons (Fsp3) is 0.857. The van der Waals surface area contributed by atoms with Crippen molar-refractivity contribution in [3.63, 3.8) is 0 Å². The van der Waals surface area contributed by atoms with Crippen molar-refractivity contribution in [2.45, 2.75) is 59.4 Å². The molecule has 0 rings (SSSR count). The van der Waals surface area contributed by atoms with Gasteiger partial charge in [-0.1, -0.05) is 27.7 Å². The molecule has 0 aliphatic heterocycles. The minimum absolute atomic E-state index is 0.434. The number of hydrogen-bond acceptors (Lipinski definition) is 1. The van der Waals surface area contributed by atoms with E-state index in [1.807, 2.05) is 7.05 Å². The van der Waals surface area contributed by atoms with Crippen LogP contribution < -0.4 is 5.32 Å². The van der Waals surface area contributed by atoms with Crippen LogP contribution in [0.2, 0.25) is 0 Å². The molecule has 0 aliphatic carbocycles. The van der Waals surface area contributed by atoms with Crippen molar-refractivity contribution in [1.29, 1.82) is 0 Å². The second kappa shape index (κ2) is 6.90. The minimum Gasteiger partial charge on any atom is -0.317 e. The molecule has 0 aliphatic rings. The van der Waals surface area contributed by atoms with Crippen LogP contribution in [0.5, 0.6) is 0 Å². The fourth-order valence-electron chi connectivity index (χ4n) is 2.25. The Hall–Kier alpha value is -0.480. The fourth-order valence-corrected chi connectivity index (χ4v) is 2.25. The van der Waals surface area contributed by atoms with Gasteiger partial charge in [0, 0.05) is 12.5 Å². The standard InChI is InChI=1S/C14H27N/c1-7-8-9-13(15-6)10-12(2)11-14(3,4)5/h1,12-13,15H,8-11H2,2-6H3. The molecule has 2 unspecified atom stereocenters. The first kappa shape index (κ1) is 14.5. The Kier molecular flexibility index (Phi) is 6.68. The molecule has 0 aromatic heterocycles. The Balaban J connectivity index is 3.91. The molecule has 0 aromatic carbocycles. The van der Waals surface area contributed by atoms with Crippen LogP contribution >= 0.6 is 0 Å². The lowest BCUT2D eigenvalue weighted by Crippen LogP contribution is -2.28. The van der Waals surface area contributed by atoms with Crippen molar-refractivity contribution < 1.29 is 0 Å². The largest absolute Gasteiger partial charge is 0.317 e. The average Bonchev–Trinajstić information content (AvgIpc) is 2.09. The highest BCUT2D eigenvalue weighted by atomic mass is 14.9. The molecular formula is C14H27N. The van der Waals surface area contributed by atoms with Crippen molar-refractivity contribution in [2.75, 3.05) is 7.05 Å². The van der Waals surface area contributed by atoms with Crippen LogP contribution in [-0.2, 0) is 0 Å². The molecule has 0 bridgehead atoms. The Labute approximate surface area is 96.0 Å². The van der Waals surface area contributed by atoms with Crippen LogP contribution in [0, 0.1) is 23.7 Å². The molecule has 0 saturated heterocycles. The van der Waals surface area contributed by atoms with E-state index in [1.165, 1.54) is 12.8 Å². The van der Waals surface area contributed by atoms with Crippen molar-refractivity contribution in [2.24, 2.45) is 11.3 Å². The van der Waals surface area contributed by atoms with Crippen LogP contribution in [0.15, 0.2) is 0 Å². The lowest BCUT2D eigenvalue weighted by molar-refractivity contribution is 0.275. The van der Waals surface area contributed by atoms with Gasteiger partial charge in [0.2, 0.25) is 0 Å². The molecule has 0 heterocycles.